The molecule has 0 radical (unpaired) electrons. The van der Waals surface area contributed by atoms with E-state index in [2.05, 4.69) is 12.7 Å². The van der Waals surface area contributed by atoms with Gasteiger partial charge in [0.1, 0.15) is 0 Å². The topological polar surface area (TPSA) is 0 Å². The molecule has 0 aliphatic rings. The van der Waals surface area contributed by atoms with Crippen LogP contribution < -0.4 is 0 Å². The van der Waals surface area contributed by atoms with Gasteiger partial charge in [-0.05, 0) is 12.7 Å². The van der Waals surface area contributed by atoms with Gasteiger partial charge in [-0.3, -0.25) is 4.70 Å². The molecule has 0 amide bonds. The van der Waals surface area contributed by atoms with E-state index in [1.807, 2.05) is 20.4 Å². The number of hydrogen-bond acceptors (Lipinski definition) is 0. The van der Waals surface area contributed by atoms with Gasteiger partial charge >= 0.3 is 48.9 Å². The molecular formula is H3BaBrFI. The smallest absolute Gasteiger partial charge is 1.00 e. The van der Waals surface area contributed by atoms with E-state index in [0.717, 1.165) is 0 Å². The monoisotopic (exact) mass is 366 g/mol. The Morgan fingerprint density at radius 3 is 1.50 bits per heavy atom. The van der Waals surface area contributed by atoms with Crippen LogP contribution in [0.2, 0.25) is 0 Å². The summed E-state index contributed by atoms with van der Waals surface area (Å²) in [5.74, 6) is 0. The van der Waals surface area contributed by atoms with E-state index in [9.17, 15) is 0 Å². The molecule has 0 aliphatic carbocycles. The van der Waals surface area contributed by atoms with Crippen LogP contribution in [0, 0.1) is 0 Å². The van der Waals surface area contributed by atoms with Crippen LogP contribution in [0.3, 0.4) is 0 Å². The molecule has 0 N–H and O–H groups in total. The third kappa shape index (κ3) is 8.83. The summed E-state index contributed by atoms with van der Waals surface area (Å²) in [4.78, 5) is 0. The average molecular weight is 366 g/mol. The Morgan fingerprint density at radius 2 is 1.50 bits per heavy atom. The Hall–Kier alpha value is 2.71. The van der Waals surface area contributed by atoms with Gasteiger partial charge in [-0.2, -0.15) is 0 Å². The van der Waals surface area contributed by atoms with E-state index in [1.165, 1.54) is 0 Å². The van der Waals surface area contributed by atoms with Crippen molar-refractivity contribution in [2.24, 2.45) is 0 Å². The molecule has 0 aromatic rings. The second-order valence-electron chi connectivity index (χ2n) is 0. The van der Waals surface area contributed by atoms with Crippen molar-refractivity contribution in [3.63, 3.8) is 0 Å². The predicted octanol–water partition coefficient (Wildman–Crippen LogP) is 1.73. The summed E-state index contributed by atoms with van der Waals surface area (Å²) < 4.78 is 0. The Labute approximate surface area is 87.4 Å². The fourth-order valence-electron chi connectivity index (χ4n) is 0. The summed E-state index contributed by atoms with van der Waals surface area (Å²) in [5.41, 5.74) is 0. The molecule has 0 rings (SSSR count). The number of rotatable bonds is 0. The van der Waals surface area contributed by atoms with E-state index in [-0.39, 0.29) is 56.4 Å². The first-order valence-corrected chi connectivity index (χ1v) is 4.98. The van der Waals surface area contributed by atoms with Crippen molar-refractivity contribution in [2.45, 2.75) is 0 Å². The van der Waals surface area contributed by atoms with Crippen LogP contribution in [0.5, 0.6) is 0 Å². The van der Waals surface area contributed by atoms with Gasteiger partial charge in [0.25, 0.3) is 0 Å². The molecule has 0 nitrogen and oxygen atoms in total. The second-order valence-corrected chi connectivity index (χ2v) is 0. The molecule has 4 heavy (non-hydrogen) atoms. The van der Waals surface area contributed by atoms with Crippen LogP contribution in [-0.4, -0.2) is 48.9 Å². The van der Waals surface area contributed by atoms with Gasteiger partial charge in [0.2, 0.25) is 0 Å². The van der Waals surface area contributed by atoms with Crippen LogP contribution in [0.4, 0.5) is 4.70 Å². The van der Waals surface area contributed by atoms with Gasteiger partial charge in [-0.15, -0.1) is 0 Å². The molecule has 0 aromatic carbocycles. The Balaban J connectivity index is -0.000000000833. The van der Waals surface area contributed by atoms with Crippen molar-refractivity contribution in [2.75, 3.05) is 0 Å². The maximum Gasteiger partial charge on any atom is 2.00 e. The van der Waals surface area contributed by atoms with E-state index >= 15 is 0 Å². The van der Waals surface area contributed by atoms with Crippen LogP contribution in [0.25, 0.3) is 0 Å². The normalized spacial score (nSPS) is 1.50. The minimum absolute atomic E-state index is 0. The minimum Gasteiger partial charge on any atom is -1.00 e. The van der Waals surface area contributed by atoms with Crippen molar-refractivity contribution in [3.8, 4) is 0 Å². The SMILES string of the molecule is BrI.F.[Ba+2].[H-].[H-]. The van der Waals surface area contributed by atoms with Crippen molar-refractivity contribution in [1.82, 2.24) is 0 Å². The summed E-state index contributed by atoms with van der Waals surface area (Å²) in [5, 5.41) is 0. The summed E-state index contributed by atoms with van der Waals surface area (Å²) in [7, 11) is 0. The van der Waals surface area contributed by atoms with Gasteiger partial charge in [0.15, 0.2) is 0 Å². The third-order valence-electron chi connectivity index (χ3n) is 0. The Bertz CT molecular complexity index is 13.5. The first-order chi connectivity index (χ1) is 1.00. The van der Waals surface area contributed by atoms with Gasteiger partial charge in [-0.25, -0.2) is 0 Å². The molecule has 0 bridgehead atoms. The molecular weight excluding hydrogens is 363 g/mol. The van der Waals surface area contributed by atoms with Gasteiger partial charge in [0.05, 0.1) is 0 Å². The molecule has 0 fully saturated rings. The molecule has 0 saturated heterocycles. The predicted molar refractivity (Wildman–Crippen MR) is 33.4 cm³/mol. The van der Waals surface area contributed by atoms with Crippen LogP contribution in [-0.2, 0) is 0 Å². The maximum absolute atomic E-state index is 2.91. The molecule has 0 heterocycles. The fourth-order valence-corrected chi connectivity index (χ4v) is 0. The average Bonchev–Trinajstić information content (AvgIpc) is 1.00. The maximum atomic E-state index is 2.91. The summed E-state index contributed by atoms with van der Waals surface area (Å²) in [6, 6.07) is 0. The minimum atomic E-state index is 0. The summed E-state index contributed by atoms with van der Waals surface area (Å²) >= 11 is 4.87. The zero-order valence-electron chi connectivity index (χ0n) is 3.87. The van der Waals surface area contributed by atoms with Crippen molar-refractivity contribution >= 4 is 81.9 Å². The first kappa shape index (κ1) is 15.9. The van der Waals surface area contributed by atoms with Crippen molar-refractivity contribution < 1.29 is 7.56 Å². The molecule has 0 spiro atoms. The van der Waals surface area contributed by atoms with E-state index in [1.54, 1.807) is 0 Å². The van der Waals surface area contributed by atoms with E-state index < -0.39 is 0 Å². The molecule has 0 saturated carbocycles. The molecule has 0 aromatic heterocycles. The zero-order chi connectivity index (χ0) is 2.00. The molecule has 26 valence electrons. The summed E-state index contributed by atoms with van der Waals surface area (Å²) in [6.07, 6.45) is 0. The van der Waals surface area contributed by atoms with Crippen molar-refractivity contribution in [3.05, 3.63) is 0 Å². The fraction of sp³-hybridized carbons (Fsp3) is 0. The van der Waals surface area contributed by atoms with Crippen LogP contribution in [0.15, 0.2) is 0 Å². The third-order valence-corrected chi connectivity index (χ3v) is 0. The molecule has 0 aliphatic heterocycles. The largest absolute Gasteiger partial charge is 2.00 e. The van der Waals surface area contributed by atoms with Gasteiger partial charge in [-0.1, -0.05) is 0 Å². The number of hydrogen-bond donors (Lipinski definition) is 0. The van der Waals surface area contributed by atoms with E-state index in [0.29, 0.717) is 0 Å². The summed E-state index contributed by atoms with van der Waals surface area (Å²) in [6.45, 7) is 0. The molecule has 0 atom stereocenters. The van der Waals surface area contributed by atoms with Crippen LogP contribution in [0.1, 0.15) is 2.85 Å². The second kappa shape index (κ2) is 17.2. The molecule has 4 heteroatoms. The van der Waals surface area contributed by atoms with E-state index in [4.69, 9.17) is 0 Å². The van der Waals surface area contributed by atoms with Gasteiger partial charge in [0, 0.05) is 20.4 Å². The van der Waals surface area contributed by atoms with Crippen LogP contribution >= 0.6 is 33.1 Å². The molecule has 0 unspecified atom stereocenters. The zero-order valence-corrected chi connectivity index (χ0v) is 10.1. The standard InChI is InChI=1S/Ba.BrI.FH.2H/c;1-2;;;/h;;1H;;/q+2;;;2*-1. The quantitative estimate of drug-likeness (QED) is 0.453. The Morgan fingerprint density at radius 1 is 1.50 bits per heavy atom. The number of halogens is 3. The Kier molecular flexibility index (Phi) is 68.5. The van der Waals surface area contributed by atoms with Crippen molar-refractivity contribution in [1.29, 1.82) is 0 Å². The van der Waals surface area contributed by atoms with Gasteiger partial charge < -0.3 is 2.85 Å². The first-order valence-electron chi connectivity index (χ1n) is 0.143.